The second-order valence-corrected chi connectivity index (χ2v) is 10.7. The number of rotatable bonds is 7. The molecule has 2 atom stereocenters. The summed E-state index contributed by atoms with van der Waals surface area (Å²) in [6.07, 6.45) is 1.80. The van der Waals surface area contributed by atoms with Crippen LogP contribution in [0.5, 0.6) is 0 Å². The number of sulfone groups is 1. The molecule has 0 aromatic heterocycles. The van der Waals surface area contributed by atoms with E-state index in [-0.39, 0.29) is 48.0 Å². The van der Waals surface area contributed by atoms with Crippen LogP contribution in [0.1, 0.15) is 44.2 Å². The molecule has 0 saturated carbocycles. The number of thioether (sulfide) groups is 1. The minimum atomic E-state index is -3.13. The van der Waals surface area contributed by atoms with Crippen molar-refractivity contribution in [1.82, 2.24) is 0 Å². The second kappa shape index (κ2) is 8.87. The number of fused-ring (bicyclic) bond motifs is 1. The molecule has 0 unspecified atom stereocenters. The Labute approximate surface area is 175 Å². The van der Waals surface area contributed by atoms with E-state index in [0.29, 0.717) is 5.17 Å². The molecule has 2 aliphatic heterocycles. The predicted molar refractivity (Wildman–Crippen MR) is 115 cm³/mol. The van der Waals surface area contributed by atoms with Gasteiger partial charge in [-0.1, -0.05) is 43.8 Å². The normalized spacial score (nSPS) is 24.1. The molecule has 2 heterocycles. The fourth-order valence-corrected chi connectivity index (χ4v) is 7.82. The number of aryl methyl sites for hydroxylation is 2. The lowest BCUT2D eigenvalue weighted by Gasteiger charge is -2.29. The number of nitrogens with zero attached hydrogens (tertiary/aromatic N) is 2. The van der Waals surface area contributed by atoms with Gasteiger partial charge in [0.25, 0.3) is 0 Å². The first-order valence-corrected chi connectivity index (χ1v) is 12.6. The van der Waals surface area contributed by atoms with Gasteiger partial charge in [0, 0.05) is 23.8 Å². The van der Waals surface area contributed by atoms with E-state index in [9.17, 15) is 18.0 Å². The molecule has 3 rings (SSSR count). The van der Waals surface area contributed by atoms with Gasteiger partial charge in [-0.2, -0.15) is 4.99 Å². The first-order valence-electron chi connectivity index (χ1n) is 9.86. The lowest BCUT2D eigenvalue weighted by Crippen LogP contribution is -2.39. The summed E-state index contributed by atoms with van der Waals surface area (Å²) in [6, 6.07) is 5.82. The zero-order valence-corrected chi connectivity index (χ0v) is 18.3. The predicted octanol–water partition coefficient (Wildman–Crippen LogP) is 2.67. The van der Waals surface area contributed by atoms with Crippen molar-refractivity contribution in [2.24, 2.45) is 4.99 Å². The van der Waals surface area contributed by atoms with Crippen molar-refractivity contribution in [3.8, 4) is 0 Å². The lowest BCUT2D eigenvalue weighted by atomic mass is 10.0. The number of anilines is 1. The Hall–Kier alpha value is -1.87. The highest BCUT2D eigenvalue weighted by atomic mass is 32.2. The molecule has 2 fully saturated rings. The van der Waals surface area contributed by atoms with E-state index in [1.165, 1.54) is 11.8 Å². The molecule has 2 aliphatic rings. The highest BCUT2D eigenvalue weighted by Crippen LogP contribution is 2.43. The zero-order valence-electron chi connectivity index (χ0n) is 16.6. The first-order chi connectivity index (χ1) is 13.8. The number of carboxylic acid groups (broad SMARTS) is 1. The smallest absolute Gasteiger partial charge is 0.303 e. The third-order valence-corrected chi connectivity index (χ3v) is 8.48. The van der Waals surface area contributed by atoms with E-state index < -0.39 is 15.8 Å². The van der Waals surface area contributed by atoms with E-state index in [4.69, 9.17) is 5.11 Å². The van der Waals surface area contributed by atoms with Crippen LogP contribution in [-0.4, -0.2) is 53.4 Å². The molecule has 1 aromatic rings. The average molecular weight is 439 g/mol. The average Bonchev–Trinajstić information content (AvgIpc) is 3.11. The maximum Gasteiger partial charge on any atom is 0.303 e. The lowest BCUT2D eigenvalue weighted by molar-refractivity contribution is -0.137. The van der Waals surface area contributed by atoms with Gasteiger partial charge in [-0.15, -0.1) is 0 Å². The van der Waals surface area contributed by atoms with Crippen LogP contribution in [0.4, 0.5) is 5.69 Å². The number of amides is 1. The molecular formula is C20H26N2O5S2. The van der Waals surface area contributed by atoms with Crippen molar-refractivity contribution in [2.45, 2.75) is 57.2 Å². The standard InChI is InChI=1S/C20H26N2O5S2/c1-3-13-7-5-8-14(4-2)19(13)22-15-11-29(26,27)12-16(15)28-20(22)21-17(23)9-6-10-18(24)25/h5,7-8,15-16H,3-4,6,9-12H2,1-2H3,(H,24,25)/t15-,16-/m0/s1. The quantitative estimate of drug-likeness (QED) is 0.698. The molecule has 0 aliphatic carbocycles. The number of aliphatic imine (C=N–C) groups is 1. The van der Waals surface area contributed by atoms with Gasteiger partial charge in [-0.25, -0.2) is 8.42 Å². The summed E-state index contributed by atoms with van der Waals surface area (Å²) in [7, 11) is -3.13. The summed E-state index contributed by atoms with van der Waals surface area (Å²) in [5.41, 5.74) is 3.16. The molecular weight excluding hydrogens is 412 g/mol. The zero-order chi connectivity index (χ0) is 21.2. The molecule has 1 aromatic carbocycles. The van der Waals surface area contributed by atoms with Crippen LogP contribution < -0.4 is 4.90 Å². The van der Waals surface area contributed by atoms with Crippen molar-refractivity contribution in [2.75, 3.05) is 16.4 Å². The van der Waals surface area contributed by atoms with Crippen molar-refractivity contribution < 1.29 is 23.1 Å². The molecule has 0 spiro atoms. The number of amidine groups is 1. The summed E-state index contributed by atoms with van der Waals surface area (Å²) < 4.78 is 24.5. The summed E-state index contributed by atoms with van der Waals surface area (Å²) in [5, 5.41) is 9.14. The van der Waals surface area contributed by atoms with Crippen LogP contribution in [-0.2, 0) is 32.3 Å². The summed E-state index contributed by atoms with van der Waals surface area (Å²) in [5.74, 6) is -1.17. The number of benzene rings is 1. The maximum atomic E-state index is 12.4. The second-order valence-electron chi connectivity index (χ2n) is 7.34. The Morgan fingerprint density at radius 2 is 1.83 bits per heavy atom. The van der Waals surface area contributed by atoms with Crippen LogP contribution in [0, 0.1) is 0 Å². The van der Waals surface area contributed by atoms with Gasteiger partial charge in [0.15, 0.2) is 15.0 Å². The molecule has 0 bridgehead atoms. The van der Waals surface area contributed by atoms with E-state index in [0.717, 1.165) is 29.7 Å². The van der Waals surface area contributed by atoms with Gasteiger partial charge >= 0.3 is 5.97 Å². The number of hydrogen-bond acceptors (Lipinski definition) is 5. The topological polar surface area (TPSA) is 104 Å². The Kier molecular flexibility index (Phi) is 6.68. The van der Waals surface area contributed by atoms with Crippen LogP contribution in [0.25, 0.3) is 0 Å². The van der Waals surface area contributed by atoms with E-state index in [2.05, 4.69) is 18.8 Å². The third kappa shape index (κ3) is 4.83. The number of carboxylic acids is 1. The number of carbonyl (C=O) groups excluding carboxylic acids is 1. The molecule has 1 amide bonds. The van der Waals surface area contributed by atoms with Crippen LogP contribution in [0.15, 0.2) is 23.2 Å². The van der Waals surface area contributed by atoms with Gasteiger partial charge in [0.05, 0.1) is 17.5 Å². The number of carbonyl (C=O) groups is 2. The van der Waals surface area contributed by atoms with Crippen molar-refractivity contribution in [3.63, 3.8) is 0 Å². The molecule has 7 nitrogen and oxygen atoms in total. The minimum absolute atomic E-state index is 0.0537. The van der Waals surface area contributed by atoms with E-state index in [1.807, 2.05) is 23.1 Å². The molecule has 1 N–H and O–H groups in total. The summed E-state index contributed by atoms with van der Waals surface area (Å²) >= 11 is 1.35. The van der Waals surface area contributed by atoms with Gasteiger partial charge in [-0.3, -0.25) is 9.59 Å². The highest BCUT2D eigenvalue weighted by Gasteiger charge is 2.50. The number of para-hydroxylation sites is 1. The molecule has 0 radical (unpaired) electrons. The SMILES string of the molecule is CCc1cccc(CC)c1N1C(=NC(=O)CCCC(=O)O)S[C@H]2CS(=O)(=O)C[C@@H]21. The van der Waals surface area contributed by atoms with Crippen molar-refractivity contribution in [1.29, 1.82) is 0 Å². The van der Waals surface area contributed by atoms with E-state index in [1.54, 1.807) is 0 Å². The third-order valence-electron chi connectivity index (χ3n) is 5.27. The molecule has 29 heavy (non-hydrogen) atoms. The number of aliphatic carboxylic acids is 1. The van der Waals surface area contributed by atoms with Gasteiger partial charge < -0.3 is 10.0 Å². The Morgan fingerprint density at radius 1 is 1.17 bits per heavy atom. The Morgan fingerprint density at radius 3 is 2.41 bits per heavy atom. The van der Waals surface area contributed by atoms with Gasteiger partial charge in [0.2, 0.25) is 5.91 Å². The van der Waals surface area contributed by atoms with Gasteiger partial charge in [-0.05, 0) is 30.4 Å². The van der Waals surface area contributed by atoms with Crippen LogP contribution in [0.2, 0.25) is 0 Å². The monoisotopic (exact) mass is 438 g/mol. The van der Waals surface area contributed by atoms with Crippen molar-refractivity contribution >= 4 is 44.3 Å². The Bertz CT molecular complexity index is 920. The fraction of sp³-hybridized carbons (Fsp3) is 0.550. The van der Waals surface area contributed by atoms with Crippen LogP contribution in [0.3, 0.4) is 0 Å². The minimum Gasteiger partial charge on any atom is -0.481 e. The van der Waals surface area contributed by atoms with Crippen molar-refractivity contribution in [3.05, 3.63) is 29.3 Å². The summed E-state index contributed by atoms with van der Waals surface area (Å²) in [4.78, 5) is 29.3. The Balaban J connectivity index is 1.98. The first kappa shape index (κ1) is 21.8. The highest BCUT2D eigenvalue weighted by molar-refractivity contribution is 8.16. The fourth-order valence-electron chi connectivity index (χ4n) is 3.90. The largest absolute Gasteiger partial charge is 0.481 e. The van der Waals surface area contributed by atoms with E-state index >= 15 is 0 Å². The molecule has 9 heteroatoms. The summed E-state index contributed by atoms with van der Waals surface area (Å²) in [6.45, 7) is 4.11. The maximum absolute atomic E-state index is 12.4. The number of hydrogen-bond donors (Lipinski definition) is 1. The van der Waals surface area contributed by atoms with Gasteiger partial charge in [0.1, 0.15) is 0 Å². The van der Waals surface area contributed by atoms with Crippen LogP contribution >= 0.6 is 11.8 Å². The molecule has 158 valence electrons. The molecule has 2 saturated heterocycles.